The zero-order valence-electron chi connectivity index (χ0n) is 16.9. The molecular formula is C20H26N4O5. The van der Waals surface area contributed by atoms with Crippen LogP contribution in [0, 0.1) is 6.92 Å². The number of nitrogens with one attached hydrogen (secondary N) is 1. The second-order valence-electron chi connectivity index (χ2n) is 6.78. The molecule has 9 heteroatoms. The van der Waals surface area contributed by atoms with Crippen LogP contribution in [0.15, 0.2) is 28.8 Å². The minimum Gasteiger partial charge on any atom is -0.497 e. The molecule has 156 valence electrons. The maximum Gasteiger partial charge on any atom is 0.276 e. The SMILES string of the molecule is COc1ccc(C(=O)NCCN2CCN(C(=O)c3cc(C)on3)CC2)c(OC)c1. The topological polar surface area (TPSA) is 97.1 Å². The molecule has 2 aromatic rings. The molecule has 1 saturated heterocycles. The number of aryl methyl sites for hydroxylation is 1. The number of ether oxygens (including phenoxy) is 2. The molecule has 0 bridgehead atoms. The molecular weight excluding hydrogens is 376 g/mol. The molecule has 0 atom stereocenters. The van der Waals surface area contributed by atoms with Crippen molar-refractivity contribution in [3.8, 4) is 11.5 Å². The molecule has 1 aromatic heterocycles. The number of carbonyl (C=O) groups excluding carboxylic acids is 2. The van der Waals surface area contributed by atoms with Gasteiger partial charge in [0.2, 0.25) is 0 Å². The molecule has 29 heavy (non-hydrogen) atoms. The monoisotopic (exact) mass is 402 g/mol. The fourth-order valence-electron chi connectivity index (χ4n) is 3.21. The van der Waals surface area contributed by atoms with Gasteiger partial charge in [0.1, 0.15) is 17.3 Å². The molecule has 3 rings (SSSR count). The van der Waals surface area contributed by atoms with E-state index in [1.165, 1.54) is 7.11 Å². The van der Waals surface area contributed by atoms with E-state index < -0.39 is 0 Å². The van der Waals surface area contributed by atoms with Gasteiger partial charge in [-0.05, 0) is 19.1 Å². The summed E-state index contributed by atoms with van der Waals surface area (Å²) in [6.07, 6.45) is 0. The predicted octanol–water partition coefficient (Wildman–Crippen LogP) is 1.19. The van der Waals surface area contributed by atoms with Crippen LogP contribution in [0.1, 0.15) is 26.6 Å². The minimum absolute atomic E-state index is 0.110. The van der Waals surface area contributed by atoms with Gasteiger partial charge in [0.15, 0.2) is 5.69 Å². The van der Waals surface area contributed by atoms with Crippen molar-refractivity contribution in [2.24, 2.45) is 0 Å². The summed E-state index contributed by atoms with van der Waals surface area (Å²) in [5.41, 5.74) is 0.809. The standard InChI is InChI=1S/C20H26N4O5/c1-14-12-17(22-29-14)20(26)24-10-8-23(9-11-24)7-6-21-19(25)16-5-4-15(27-2)13-18(16)28-3/h4-5,12-13H,6-11H2,1-3H3,(H,21,25). The highest BCUT2D eigenvalue weighted by Gasteiger charge is 2.24. The molecule has 2 amide bonds. The van der Waals surface area contributed by atoms with Crippen LogP contribution >= 0.6 is 0 Å². The van der Waals surface area contributed by atoms with Gasteiger partial charge in [-0.25, -0.2) is 0 Å². The first kappa shape index (κ1) is 20.7. The van der Waals surface area contributed by atoms with Crippen molar-refractivity contribution in [1.82, 2.24) is 20.3 Å². The Hall–Kier alpha value is -3.07. The molecule has 0 saturated carbocycles. The highest BCUT2D eigenvalue weighted by Crippen LogP contribution is 2.24. The third kappa shape index (κ3) is 5.05. The largest absolute Gasteiger partial charge is 0.497 e. The van der Waals surface area contributed by atoms with Crippen LogP contribution in [0.4, 0.5) is 0 Å². The Labute approximate surface area is 169 Å². The van der Waals surface area contributed by atoms with Crippen LogP contribution in [0.2, 0.25) is 0 Å². The van der Waals surface area contributed by atoms with Gasteiger partial charge in [0.05, 0.1) is 19.8 Å². The van der Waals surface area contributed by atoms with Gasteiger partial charge in [-0.1, -0.05) is 5.16 Å². The molecule has 2 heterocycles. The number of hydrogen-bond donors (Lipinski definition) is 1. The van der Waals surface area contributed by atoms with E-state index in [9.17, 15) is 9.59 Å². The second-order valence-corrected chi connectivity index (χ2v) is 6.78. The lowest BCUT2D eigenvalue weighted by Gasteiger charge is -2.34. The summed E-state index contributed by atoms with van der Waals surface area (Å²) < 4.78 is 15.4. The number of rotatable bonds is 7. The summed E-state index contributed by atoms with van der Waals surface area (Å²) >= 11 is 0. The van der Waals surface area contributed by atoms with Gasteiger partial charge >= 0.3 is 0 Å². The van der Waals surface area contributed by atoms with Crippen molar-refractivity contribution in [2.45, 2.75) is 6.92 Å². The van der Waals surface area contributed by atoms with E-state index in [4.69, 9.17) is 14.0 Å². The normalized spacial score (nSPS) is 14.5. The van der Waals surface area contributed by atoms with Gasteiger partial charge in [-0.3, -0.25) is 14.5 Å². The number of nitrogens with zero attached hydrogens (tertiary/aromatic N) is 3. The van der Waals surface area contributed by atoms with Crippen molar-refractivity contribution in [3.05, 3.63) is 41.3 Å². The fourth-order valence-corrected chi connectivity index (χ4v) is 3.21. The minimum atomic E-state index is -0.195. The fraction of sp³-hybridized carbons (Fsp3) is 0.450. The summed E-state index contributed by atoms with van der Waals surface area (Å²) in [6.45, 7) is 5.68. The Bertz CT molecular complexity index is 858. The van der Waals surface area contributed by atoms with E-state index in [1.807, 2.05) is 0 Å². The molecule has 0 radical (unpaired) electrons. The number of methoxy groups -OCH3 is 2. The van der Waals surface area contributed by atoms with E-state index in [0.29, 0.717) is 54.7 Å². The van der Waals surface area contributed by atoms with Crippen molar-refractivity contribution < 1.29 is 23.6 Å². The average Bonchev–Trinajstić information content (AvgIpc) is 3.19. The highest BCUT2D eigenvalue weighted by atomic mass is 16.5. The van der Waals surface area contributed by atoms with Crippen LogP contribution in [-0.4, -0.2) is 80.3 Å². The van der Waals surface area contributed by atoms with Crippen molar-refractivity contribution in [2.75, 3.05) is 53.5 Å². The van der Waals surface area contributed by atoms with Crippen LogP contribution < -0.4 is 14.8 Å². The number of aromatic nitrogens is 1. The van der Waals surface area contributed by atoms with Gasteiger partial charge in [0, 0.05) is 51.4 Å². The predicted molar refractivity (Wildman–Crippen MR) is 105 cm³/mol. The first-order valence-corrected chi connectivity index (χ1v) is 9.47. The highest BCUT2D eigenvalue weighted by molar-refractivity contribution is 5.97. The molecule has 1 fully saturated rings. The van der Waals surface area contributed by atoms with Crippen LogP contribution in [-0.2, 0) is 0 Å². The summed E-state index contributed by atoms with van der Waals surface area (Å²) in [7, 11) is 3.08. The van der Waals surface area contributed by atoms with Crippen molar-refractivity contribution >= 4 is 11.8 Å². The summed E-state index contributed by atoms with van der Waals surface area (Å²) in [6, 6.07) is 6.74. The lowest BCUT2D eigenvalue weighted by Crippen LogP contribution is -2.50. The Morgan fingerprint density at radius 1 is 1.14 bits per heavy atom. The van der Waals surface area contributed by atoms with E-state index in [2.05, 4.69) is 15.4 Å². The van der Waals surface area contributed by atoms with Crippen molar-refractivity contribution in [3.63, 3.8) is 0 Å². The van der Waals surface area contributed by atoms with Gasteiger partial charge in [-0.15, -0.1) is 0 Å². The molecule has 0 spiro atoms. The molecule has 1 aromatic carbocycles. The zero-order valence-corrected chi connectivity index (χ0v) is 16.9. The van der Waals surface area contributed by atoms with Crippen LogP contribution in [0.3, 0.4) is 0 Å². The van der Waals surface area contributed by atoms with Gasteiger partial charge in [0.25, 0.3) is 11.8 Å². The molecule has 1 N–H and O–H groups in total. The maximum absolute atomic E-state index is 12.4. The Morgan fingerprint density at radius 2 is 1.90 bits per heavy atom. The van der Waals surface area contributed by atoms with E-state index in [0.717, 1.165) is 13.1 Å². The average molecular weight is 402 g/mol. The van der Waals surface area contributed by atoms with Gasteiger partial charge < -0.3 is 24.2 Å². The number of piperazine rings is 1. The molecule has 0 unspecified atom stereocenters. The number of amides is 2. The summed E-state index contributed by atoms with van der Waals surface area (Å²) in [4.78, 5) is 28.8. The van der Waals surface area contributed by atoms with E-state index in [-0.39, 0.29) is 11.8 Å². The lowest BCUT2D eigenvalue weighted by atomic mass is 10.1. The Kier molecular flexibility index (Phi) is 6.71. The van der Waals surface area contributed by atoms with Crippen molar-refractivity contribution in [1.29, 1.82) is 0 Å². The summed E-state index contributed by atoms with van der Waals surface area (Å²) in [5.74, 6) is 1.42. The molecule has 1 aliphatic rings. The first-order chi connectivity index (χ1) is 14.0. The quantitative estimate of drug-likeness (QED) is 0.743. The number of hydrogen-bond acceptors (Lipinski definition) is 7. The molecule has 1 aliphatic heterocycles. The Morgan fingerprint density at radius 3 is 2.52 bits per heavy atom. The molecule has 0 aliphatic carbocycles. The second kappa shape index (κ2) is 9.42. The number of benzene rings is 1. The lowest BCUT2D eigenvalue weighted by molar-refractivity contribution is 0.0628. The third-order valence-corrected chi connectivity index (χ3v) is 4.87. The smallest absolute Gasteiger partial charge is 0.276 e. The molecule has 9 nitrogen and oxygen atoms in total. The van der Waals surface area contributed by atoms with Crippen LogP contribution in [0.25, 0.3) is 0 Å². The van der Waals surface area contributed by atoms with E-state index >= 15 is 0 Å². The number of carbonyl (C=O) groups is 2. The summed E-state index contributed by atoms with van der Waals surface area (Å²) in [5, 5.41) is 6.70. The third-order valence-electron chi connectivity index (χ3n) is 4.87. The maximum atomic E-state index is 12.4. The zero-order chi connectivity index (χ0) is 20.8. The Balaban J connectivity index is 1.44. The van der Waals surface area contributed by atoms with Gasteiger partial charge in [-0.2, -0.15) is 0 Å². The first-order valence-electron chi connectivity index (χ1n) is 9.47. The van der Waals surface area contributed by atoms with E-state index in [1.54, 1.807) is 43.2 Å². The van der Waals surface area contributed by atoms with Crippen LogP contribution in [0.5, 0.6) is 11.5 Å².